The smallest absolute Gasteiger partial charge is 0.387 e. The van der Waals surface area contributed by atoms with Gasteiger partial charge in [0.25, 0.3) is 5.91 Å². The average Bonchev–Trinajstić information content (AvgIpc) is 3.55. The fourth-order valence-corrected chi connectivity index (χ4v) is 3.27. The molecule has 1 aromatic heterocycles. The second kappa shape index (κ2) is 10.1. The summed E-state index contributed by atoms with van der Waals surface area (Å²) in [5, 5.41) is 0.0697. The lowest BCUT2D eigenvalue weighted by atomic mass is 10.1. The van der Waals surface area contributed by atoms with Crippen molar-refractivity contribution in [1.82, 2.24) is 4.98 Å². The first-order chi connectivity index (χ1) is 14.8. The highest BCUT2D eigenvalue weighted by atomic mass is 35.5. The summed E-state index contributed by atoms with van der Waals surface area (Å²) in [6.07, 6.45) is 4.50. The summed E-state index contributed by atoms with van der Waals surface area (Å²) >= 11 is 12.3. The second-order valence-electron chi connectivity index (χ2n) is 6.71. The van der Waals surface area contributed by atoms with Gasteiger partial charge in [-0.25, -0.2) is 0 Å². The normalized spacial score (nSPS) is 13.1. The molecule has 0 saturated heterocycles. The first-order valence-electron chi connectivity index (χ1n) is 9.19. The molecule has 1 aromatic carbocycles. The van der Waals surface area contributed by atoms with Crippen LogP contribution in [0.5, 0.6) is 11.5 Å². The minimum absolute atomic E-state index is 0.0111. The number of carbonyl (C=O) groups excluding carboxylic acids is 2. The van der Waals surface area contributed by atoms with Crippen LogP contribution in [0.3, 0.4) is 0 Å². The quantitative estimate of drug-likeness (QED) is 0.494. The van der Waals surface area contributed by atoms with E-state index in [-0.39, 0.29) is 32.8 Å². The van der Waals surface area contributed by atoms with Crippen molar-refractivity contribution in [2.45, 2.75) is 19.5 Å². The van der Waals surface area contributed by atoms with Crippen molar-refractivity contribution in [3.05, 3.63) is 46.2 Å². The summed E-state index contributed by atoms with van der Waals surface area (Å²) in [6.45, 7) is -3.24. The molecule has 1 amide bonds. The third-order valence-corrected chi connectivity index (χ3v) is 4.99. The molecule has 1 fully saturated rings. The summed E-state index contributed by atoms with van der Waals surface area (Å²) < 4.78 is 40.3. The van der Waals surface area contributed by atoms with Gasteiger partial charge < -0.3 is 14.2 Å². The highest BCUT2D eigenvalue weighted by molar-refractivity contribution is 6.40. The van der Waals surface area contributed by atoms with E-state index in [1.165, 1.54) is 37.7 Å². The number of pyridine rings is 1. The fourth-order valence-electron chi connectivity index (χ4n) is 2.70. The van der Waals surface area contributed by atoms with E-state index >= 15 is 0 Å². The van der Waals surface area contributed by atoms with Crippen LogP contribution in [0.15, 0.2) is 30.6 Å². The van der Waals surface area contributed by atoms with Gasteiger partial charge in [-0.3, -0.25) is 19.5 Å². The molecule has 0 unspecified atom stereocenters. The highest BCUT2D eigenvalue weighted by Crippen LogP contribution is 2.36. The Balaban J connectivity index is 1.97. The van der Waals surface area contributed by atoms with E-state index in [4.69, 9.17) is 27.9 Å². The third kappa shape index (κ3) is 5.95. The van der Waals surface area contributed by atoms with Gasteiger partial charge in [-0.1, -0.05) is 23.2 Å². The van der Waals surface area contributed by atoms with Crippen LogP contribution in [-0.4, -0.2) is 43.7 Å². The number of anilines is 1. The zero-order valence-corrected chi connectivity index (χ0v) is 17.8. The van der Waals surface area contributed by atoms with Crippen LogP contribution in [0.1, 0.15) is 23.2 Å². The molecule has 7 nitrogen and oxygen atoms in total. The number of methoxy groups -OCH3 is 1. The number of aromatic nitrogens is 1. The first kappa shape index (κ1) is 23.0. The number of benzene rings is 1. The molecule has 0 bridgehead atoms. The molecule has 11 heteroatoms. The standard InChI is InChI=1S/C20H18Cl2F2N2O5/c1-29-17(27)9-26(18-13(21)7-25-8-14(18)22)19(28)12-4-5-15(31-20(23)24)16(6-12)30-10-11-2-3-11/h4-8,11,20H,2-3,9-10H2,1H3. The second-order valence-corrected chi connectivity index (χ2v) is 7.53. The van der Waals surface area contributed by atoms with Crippen LogP contribution >= 0.6 is 23.2 Å². The molecule has 1 saturated carbocycles. The Morgan fingerprint density at radius 2 is 1.87 bits per heavy atom. The molecule has 0 N–H and O–H groups in total. The number of alkyl halides is 2. The summed E-state index contributed by atoms with van der Waals surface area (Å²) in [5.74, 6) is -1.28. The molecule has 2 aromatic rings. The maximum absolute atomic E-state index is 13.3. The Morgan fingerprint density at radius 3 is 2.45 bits per heavy atom. The minimum Gasteiger partial charge on any atom is -0.489 e. The molecule has 1 aliphatic carbocycles. The van der Waals surface area contributed by atoms with E-state index < -0.39 is 25.0 Å². The van der Waals surface area contributed by atoms with Gasteiger partial charge in [-0.2, -0.15) is 8.78 Å². The maximum Gasteiger partial charge on any atom is 0.387 e. The number of hydrogen-bond acceptors (Lipinski definition) is 6. The van der Waals surface area contributed by atoms with Gasteiger partial charge in [0.15, 0.2) is 11.5 Å². The predicted molar refractivity (Wildman–Crippen MR) is 109 cm³/mol. The van der Waals surface area contributed by atoms with Crippen LogP contribution in [0, 0.1) is 5.92 Å². The Bertz CT molecular complexity index is 952. The van der Waals surface area contributed by atoms with E-state index in [0.717, 1.165) is 17.7 Å². The largest absolute Gasteiger partial charge is 0.489 e. The van der Waals surface area contributed by atoms with Crippen molar-refractivity contribution in [2.24, 2.45) is 5.92 Å². The zero-order chi connectivity index (χ0) is 22.5. The molecule has 3 rings (SSSR count). The van der Waals surface area contributed by atoms with Crippen molar-refractivity contribution in [3.8, 4) is 11.5 Å². The first-order valence-corrected chi connectivity index (χ1v) is 9.95. The number of hydrogen-bond donors (Lipinski definition) is 0. The lowest BCUT2D eigenvalue weighted by Gasteiger charge is -2.24. The third-order valence-electron chi connectivity index (χ3n) is 4.44. The summed E-state index contributed by atoms with van der Waals surface area (Å²) in [7, 11) is 1.17. The van der Waals surface area contributed by atoms with Gasteiger partial charge in [0.1, 0.15) is 6.54 Å². The molecular formula is C20H18Cl2F2N2O5. The maximum atomic E-state index is 13.3. The van der Waals surface area contributed by atoms with Gasteiger partial charge in [-0.15, -0.1) is 0 Å². The Morgan fingerprint density at radius 1 is 1.19 bits per heavy atom. The molecule has 0 radical (unpaired) electrons. The number of ether oxygens (including phenoxy) is 3. The Kier molecular flexibility index (Phi) is 7.50. The van der Waals surface area contributed by atoms with E-state index in [0.29, 0.717) is 12.5 Å². The fraction of sp³-hybridized carbons (Fsp3) is 0.350. The molecule has 0 atom stereocenters. The van der Waals surface area contributed by atoms with E-state index in [1.807, 2.05) is 0 Å². The Labute approximate surface area is 186 Å². The van der Waals surface area contributed by atoms with E-state index in [9.17, 15) is 18.4 Å². The summed E-state index contributed by atoms with van der Waals surface area (Å²) in [6, 6.07) is 3.75. The molecule has 1 heterocycles. The van der Waals surface area contributed by atoms with Crippen molar-refractivity contribution in [3.63, 3.8) is 0 Å². The van der Waals surface area contributed by atoms with Crippen LogP contribution in [0.4, 0.5) is 14.5 Å². The highest BCUT2D eigenvalue weighted by Gasteiger charge is 2.28. The van der Waals surface area contributed by atoms with Crippen LogP contribution in [0.25, 0.3) is 0 Å². The molecule has 166 valence electrons. The minimum atomic E-state index is -3.06. The lowest BCUT2D eigenvalue weighted by Crippen LogP contribution is -2.36. The number of rotatable bonds is 9. The van der Waals surface area contributed by atoms with Crippen molar-refractivity contribution in [2.75, 3.05) is 25.2 Å². The van der Waals surface area contributed by atoms with Gasteiger partial charge >= 0.3 is 12.6 Å². The number of esters is 1. The zero-order valence-electron chi connectivity index (χ0n) is 16.3. The van der Waals surface area contributed by atoms with Gasteiger partial charge in [0.05, 0.1) is 29.4 Å². The lowest BCUT2D eigenvalue weighted by molar-refractivity contribution is -0.138. The number of nitrogens with zero attached hydrogens (tertiary/aromatic N) is 2. The van der Waals surface area contributed by atoms with Crippen molar-refractivity contribution < 1.29 is 32.6 Å². The van der Waals surface area contributed by atoms with Gasteiger partial charge in [0.2, 0.25) is 0 Å². The van der Waals surface area contributed by atoms with Crippen LogP contribution < -0.4 is 14.4 Å². The topological polar surface area (TPSA) is 78.0 Å². The van der Waals surface area contributed by atoms with Crippen molar-refractivity contribution >= 4 is 40.8 Å². The molecule has 31 heavy (non-hydrogen) atoms. The Hall–Kier alpha value is -2.65. The SMILES string of the molecule is COC(=O)CN(C(=O)c1ccc(OC(F)F)c(OCC2CC2)c1)c1c(Cl)cncc1Cl. The van der Waals surface area contributed by atoms with Gasteiger partial charge in [0, 0.05) is 18.0 Å². The number of halogens is 4. The van der Waals surface area contributed by atoms with Crippen LogP contribution in [0.2, 0.25) is 10.0 Å². The molecule has 0 spiro atoms. The van der Waals surface area contributed by atoms with Gasteiger partial charge in [-0.05, 0) is 37.0 Å². The number of carbonyl (C=O) groups is 2. The number of amides is 1. The predicted octanol–water partition coefficient (Wildman–Crippen LogP) is 4.60. The molecular weight excluding hydrogens is 457 g/mol. The summed E-state index contributed by atoms with van der Waals surface area (Å²) in [4.78, 5) is 30.1. The monoisotopic (exact) mass is 474 g/mol. The average molecular weight is 475 g/mol. The molecule has 0 aliphatic heterocycles. The summed E-state index contributed by atoms with van der Waals surface area (Å²) in [5.41, 5.74) is 0.0994. The van der Waals surface area contributed by atoms with Crippen molar-refractivity contribution in [1.29, 1.82) is 0 Å². The van der Waals surface area contributed by atoms with Crippen LogP contribution in [-0.2, 0) is 9.53 Å². The van der Waals surface area contributed by atoms with E-state index in [2.05, 4.69) is 14.5 Å². The van der Waals surface area contributed by atoms with E-state index in [1.54, 1.807) is 0 Å². The molecule has 1 aliphatic rings.